The fourth-order valence-electron chi connectivity index (χ4n) is 4.09. The summed E-state index contributed by atoms with van der Waals surface area (Å²) in [5, 5.41) is 16.2. The Morgan fingerprint density at radius 3 is 2.56 bits per heavy atom. The molecule has 1 aliphatic rings. The second-order valence-corrected chi connectivity index (χ2v) is 9.25. The first-order valence-corrected chi connectivity index (χ1v) is 11.2. The molecule has 0 saturated carbocycles. The maximum atomic E-state index is 13.8. The van der Waals surface area contributed by atoms with E-state index in [1.807, 2.05) is 6.07 Å². The van der Waals surface area contributed by atoms with Gasteiger partial charge in [-0.25, -0.2) is 15.1 Å². The topological polar surface area (TPSA) is 152 Å². The molecule has 10 nitrogen and oxygen atoms in total. The maximum Gasteiger partial charge on any atom is 0.322 e. The van der Waals surface area contributed by atoms with Crippen LogP contribution in [0.25, 0.3) is 11.3 Å². The molecule has 0 bridgehead atoms. The number of halogens is 2. The summed E-state index contributed by atoms with van der Waals surface area (Å²) in [5.41, 5.74) is 6.71. The minimum atomic E-state index is -1.01. The number of hydrogen-bond acceptors (Lipinski definition) is 6. The van der Waals surface area contributed by atoms with Crippen molar-refractivity contribution in [1.82, 2.24) is 14.7 Å². The van der Waals surface area contributed by atoms with Crippen LogP contribution in [0.3, 0.4) is 0 Å². The molecule has 36 heavy (non-hydrogen) atoms. The van der Waals surface area contributed by atoms with Gasteiger partial charge in [0.1, 0.15) is 23.2 Å². The number of nitrogens with one attached hydrogen (secondary N) is 1. The van der Waals surface area contributed by atoms with Crippen molar-refractivity contribution in [3.63, 3.8) is 0 Å². The number of carbonyl (C=O) groups is 2. The second kappa shape index (κ2) is 9.58. The van der Waals surface area contributed by atoms with Crippen molar-refractivity contribution in [3.8, 4) is 17.3 Å². The van der Waals surface area contributed by atoms with Gasteiger partial charge in [-0.3, -0.25) is 14.3 Å². The van der Waals surface area contributed by atoms with Gasteiger partial charge in [0.15, 0.2) is 0 Å². The molecule has 186 valence electrons. The Hall–Kier alpha value is -3.98. The van der Waals surface area contributed by atoms with E-state index in [1.54, 1.807) is 42.8 Å². The van der Waals surface area contributed by atoms with Crippen LogP contribution in [-0.4, -0.2) is 38.8 Å². The normalized spacial score (nSPS) is 15.2. The molecule has 1 aromatic heterocycles. The molecular weight excluding hydrogens is 489 g/mol. The van der Waals surface area contributed by atoms with Gasteiger partial charge in [0.2, 0.25) is 0 Å². The molecule has 1 aliphatic heterocycles. The predicted octanol–water partition coefficient (Wildman–Crippen LogP) is 3.57. The predicted molar refractivity (Wildman–Crippen MR) is 130 cm³/mol. The number of carbonyl (C=O) groups excluding carboxylic acids is 2. The number of benzene rings is 2. The lowest BCUT2D eigenvalue weighted by atomic mass is 9.95. The summed E-state index contributed by atoms with van der Waals surface area (Å²) in [6.45, 7) is 3.59. The van der Waals surface area contributed by atoms with E-state index in [9.17, 15) is 14.0 Å². The van der Waals surface area contributed by atoms with Crippen LogP contribution in [0.2, 0.25) is 5.02 Å². The highest BCUT2D eigenvalue weighted by Gasteiger charge is 2.42. The van der Waals surface area contributed by atoms with Crippen molar-refractivity contribution in [1.29, 1.82) is 5.26 Å². The number of nitriles is 1. The number of nitrogens with two attached hydrogens (primary N) is 2. The third-order valence-corrected chi connectivity index (χ3v) is 6.43. The summed E-state index contributed by atoms with van der Waals surface area (Å²) in [4.78, 5) is 32.5. The summed E-state index contributed by atoms with van der Waals surface area (Å²) >= 11 is 5.97. The summed E-state index contributed by atoms with van der Waals surface area (Å²) in [6.07, 6.45) is 0. The molecule has 2 heterocycles. The second-order valence-electron chi connectivity index (χ2n) is 8.84. The van der Waals surface area contributed by atoms with Gasteiger partial charge in [0.05, 0.1) is 34.5 Å². The van der Waals surface area contributed by atoms with Crippen molar-refractivity contribution in [2.45, 2.75) is 32.0 Å². The van der Waals surface area contributed by atoms with Crippen molar-refractivity contribution in [3.05, 3.63) is 70.1 Å². The van der Waals surface area contributed by atoms with Crippen LogP contribution in [0.4, 0.5) is 14.9 Å². The molecule has 3 amide bonds. The van der Waals surface area contributed by atoms with Gasteiger partial charge in [-0.1, -0.05) is 11.6 Å². The quantitative estimate of drug-likeness (QED) is 0.445. The molecule has 0 fully saturated rings. The average Bonchev–Trinajstić information content (AvgIpc) is 3.25. The van der Waals surface area contributed by atoms with E-state index in [4.69, 9.17) is 33.3 Å². The smallest absolute Gasteiger partial charge is 0.322 e. The number of nitrogens with zero attached hydrogens (tertiary/aromatic N) is 4. The van der Waals surface area contributed by atoms with E-state index in [0.29, 0.717) is 22.5 Å². The van der Waals surface area contributed by atoms with Gasteiger partial charge in [-0.05, 0) is 56.3 Å². The number of primary amides is 1. The Balaban J connectivity index is 1.78. The molecule has 0 aliphatic carbocycles. The number of aromatic nitrogens is 2. The third-order valence-electron chi connectivity index (χ3n) is 6.14. The molecule has 0 saturated heterocycles. The van der Waals surface area contributed by atoms with Gasteiger partial charge in [-0.2, -0.15) is 10.4 Å². The zero-order chi connectivity index (χ0) is 26.2. The van der Waals surface area contributed by atoms with Gasteiger partial charge >= 0.3 is 6.03 Å². The Morgan fingerprint density at radius 2 is 1.97 bits per heavy atom. The zero-order valence-electron chi connectivity index (χ0n) is 19.5. The molecule has 2 aromatic carbocycles. The number of anilines is 1. The SMILES string of the molecule is CC(C)(ON)C1CN(C(=O)Nc2ccc(C#N)cc2)Cc2c(C(N)=O)c(-c3ccc(F)c(Cl)c3)nn21. The van der Waals surface area contributed by atoms with Crippen LogP contribution in [-0.2, 0) is 11.4 Å². The zero-order valence-corrected chi connectivity index (χ0v) is 20.2. The average molecular weight is 512 g/mol. The monoisotopic (exact) mass is 511 g/mol. The van der Waals surface area contributed by atoms with E-state index in [2.05, 4.69) is 10.4 Å². The number of urea groups is 1. The van der Waals surface area contributed by atoms with Crippen LogP contribution in [0, 0.1) is 17.1 Å². The van der Waals surface area contributed by atoms with Crippen molar-refractivity contribution >= 4 is 29.2 Å². The van der Waals surface area contributed by atoms with Crippen LogP contribution in [0.5, 0.6) is 0 Å². The number of fused-ring (bicyclic) bond motifs is 1. The fraction of sp³-hybridized carbons (Fsp3) is 0.250. The highest BCUT2D eigenvalue weighted by atomic mass is 35.5. The summed E-state index contributed by atoms with van der Waals surface area (Å²) < 4.78 is 15.4. The maximum absolute atomic E-state index is 13.8. The summed E-state index contributed by atoms with van der Waals surface area (Å²) in [7, 11) is 0. The van der Waals surface area contributed by atoms with Crippen molar-refractivity contribution < 1.29 is 18.8 Å². The Kier molecular flexibility index (Phi) is 6.69. The third kappa shape index (κ3) is 4.61. The standard InChI is InChI=1S/C24H23ClFN7O3/c1-24(2,36-29)19-12-32(23(35)30-15-6-3-13(10-27)4-7-15)11-18-20(22(28)34)21(31-33(18)19)14-5-8-17(26)16(25)9-14/h3-9,19H,11-12,29H2,1-2H3,(H2,28,34)(H,30,35). The van der Waals surface area contributed by atoms with E-state index in [1.165, 1.54) is 23.1 Å². The minimum absolute atomic E-state index is 0.000532. The van der Waals surface area contributed by atoms with E-state index < -0.39 is 29.4 Å². The Morgan fingerprint density at radius 1 is 1.28 bits per heavy atom. The first kappa shape index (κ1) is 25.1. The highest BCUT2D eigenvalue weighted by molar-refractivity contribution is 6.31. The van der Waals surface area contributed by atoms with Crippen LogP contribution < -0.4 is 16.9 Å². The van der Waals surface area contributed by atoms with Gasteiger partial charge in [0.25, 0.3) is 5.91 Å². The van der Waals surface area contributed by atoms with Crippen LogP contribution in [0.1, 0.15) is 41.5 Å². The molecule has 12 heteroatoms. The summed E-state index contributed by atoms with van der Waals surface area (Å²) in [5.74, 6) is 4.19. The summed E-state index contributed by atoms with van der Waals surface area (Å²) in [6, 6.07) is 11.3. The van der Waals surface area contributed by atoms with Gasteiger partial charge in [-0.15, -0.1) is 0 Å². The molecule has 3 aromatic rings. The lowest BCUT2D eigenvalue weighted by Gasteiger charge is -2.40. The Labute approximate surface area is 211 Å². The fourth-order valence-corrected chi connectivity index (χ4v) is 4.27. The van der Waals surface area contributed by atoms with Crippen molar-refractivity contribution in [2.24, 2.45) is 11.6 Å². The number of hydrogen-bond donors (Lipinski definition) is 3. The highest BCUT2D eigenvalue weighted by Crippen LogP contribution is 2.37. The first-order chi connectivity index (χ1) is 17.1. The van der Waals surface area contributed by atoms with Gasteiger partial charge in [0, 0.05) is 17.8 Å². The number of amides is 3. The van der Waals surface area contributed by atoms with E-state index in [-0.39, 0.29) is 29.4 Å². The van der Waals surface area contributed by atoms with E-state index in [0.717, 1.165) is 0 Å². The van der Waals surface area contributed by atoms with Gasteiger partial charge < -0.3 is 16.0 Å². The molecule has 1 unspecified atom stereocenters. The number of rotatable bonds is 5. The lowest BCUT2D eigenvalue weighted by molar-refractivity contribution is -0.0718. The molecule has 5 N–H and O–H groups in total. The first-order valence-electron chi connectivity index (χ1n) is 10.9. The molecule has 0 spiro atoms. The Bertz CT molecular complexity index is 1380. The van der Waals surface area contributed by atoms with Crippen molar-refractivity contribution in [2.75, 3.05) is 11.9 Å². The largest absolute Gasteiger partial charge is 0.365 e. The van der Waals surface area contributed by atoms with Crippen LogP contribution >= 0.6 is 11.6 Å². The van der Waals surface area contributed by atoms with E-state index >= 15 is 0 Å². The minimum Gasteiger partial charge on any atom is -0.365 e. The molecule has 4 rings (SSSR count). The lowest BCUT2D eigenvalue weighted by Crippen LogP contribution is -2.51. The molecule has 0 radical (unpaired) electrons. The van der Waals surface area contributed by atoms with Crippen LogP contribution in [0.15, 0.2) is 42.5 Å². The molecular formula is C24H23ClFN7O3. The molecule has 1 atom stereocenters.